The van der Waals surface area contributed by atoms with Crippen molar-refractivity contribution in [3.8, 4) is 11.5 Å². The fourth-order valence-corrected chi connectivity index (χ4v) is 1.86. The van der Waals surface area contributed by atoms with Gasteiger partial charge < -0.3 is 19.9 Å². The molecule has 0 unspecified atom stereocenters. The molecule has 0 saturated carbocycles. The minimum absolute atomic E-state index is 0.0754. The van der Waals surface area contributed by atoms with Crippen molar-refractivity contribution in [2.45, 2.75) is 19.9 Å². The number of fused-ring (bicyclic) bond motifs is 1. The third-order valence-electron chi connectivity index (χ3n) is 3.12. The van der Waals surface area contributed by atoms with Crippen LogP contribution in [-0.4, -0.2) is 36.9 Å². The summed E-state index contributed by atoms with van der Waals surface area (Å²) in [6.45, 7) is 4.84. The van der Waals surface area contributed by atoms with Gasteiger partial charge in [-0.25, -0.2) is 0 Å². The zero-order valence-corrected chi connectivity index (χ0v) is 11.2. The molecule has 0 spiro atoms. The van der Waals surface area contributed by atoms with E-state index in [1.807, 2.05) is 13.8 Å². The fourth-order valence-electron chi connectivity index (χ4n) is 1.86. The highest BCUT2D eigenvalue weighted by Crippen LogP contribution is 2.30. The van der Waals surface area contributed by atoms with E-state index in [1.54, 1.807) is 18.2 Å². The lowest BCUT2D eigenvalue weighted by atomic mass is 10.0. The summed E-state index contributed by atoms with van der Waals surface area (Å²) in [6.07, 6.45) is 0. The van der Waals surface area contributed by atoms with Crippen LogP contribution in [0.1, 0.15) is 24.2 Å². The predicted molar refractivity (Wildman–Crippen MR) is 70.6 cm³/mol. The van der Waals surface area contributed by atoms with Crippen molar-refractivity contribution in [2.75, 3.05) is 19.8 Å². The predicted octanol–water partition coefficient (Wildman–Crippen LogP) is 1.20. The summed E-state index contributed by atoms with van der Waals surface area (Å²) in [5.74, 6) is 1.20. The number of aliphatic hydroxyl groups excluding tert-OH is 1. The summed E-state index contributed by atoms with van der Waals surface area (Å²) in [7, 11) is 0. The topological polar surface area (TPSA) is 67.8 Å². The highest BCUT2D eigenvalue weighted by molar-refractivity contribution is 5.95. The Morgan fingerprint density at radius 1 is 1.32 bits per heavy atom. The van der Waals surface area contributed by atoms with Crippen LogP contribution in [-0.2, 0) is 0 Å². The first-order valence-corrected chi connectivity index (χ1v) is 6.43. The van der Waals surface area contributed by atoms with E-state index >= 15 is 0 Å². The van der Waals surface area contributed by atoms with Gasteiger partial charge in [0.1, 0.15) is 13.2 Å². The molecule has 0 radical (unpaired) electrons. The summed E-state index contributed by atoms with van der Waals surface area (Å²) < 4.78 is 10.8. The van der Waals surface area contributed by atoms with Crippen LogP contribution >= 0.6 is 0 Å². The maximum absolute atomic E-state index is 12.1. The van der Waals surface area contributed by atoms with Crippen molar-refractivity contribution in [1.82, 2.24) is 5.32 Å². The van der Waals surface area contributed by atoms with Crippen LogP contribution in [0, 0.1) is 5.92 Å². The molecule has 0 bridgehead atoms. The van der Waals surface area contributed by atoms with Gasteiger partial charge in [0.25, 0.3) is 5.91 Å². The second-order valence-corrected chi connectivity index (χ2v) is 4.86. The van der Waals surface area contributed by atoms with Gasteiger partial charge in [-0.2, -0.15) is 0 Å². The summed E-state index contributed by atoms with van der Waals surface area (Å²) in [4.78, 5) is 12.1. The van der Waals surface area contributed by atoms with Crippen LogP contribution in [0.2, 0.25) is 0 Å². The Hall–Kier alpha value is -1.75. The van der Waals surface area contributed by atoms with Crippen molar-refractivity contribution in [2.24, 2.45) is 5.92 Å². The normalized spacial score (nSPS) is 15.2. The number of ether oxygens (including phenoxy) is 2. The number of aliphatic hydroxyl groups is 1. The molecule has 2 N–H and O–H groups in total. The Balaban J connectivity index is 2.11. The first-order chi connectivity index (χ1) is 9.11. The molecule has 1 aliphatic rings. The van der Waals surface area contributed by atoms with Crippen molar-refractivity contribution in [3.63, 3.8) is 0 Å². The Morgan fingerprint density at radius 3 is 2.63 bits per heavy atom. The standard InChI is InChI=1S/C14H19NO4/c1-9(2)11(8-16)15-14(17)10-3-4-12-13(7-10)19-6-5-18-12/h3-4,7,9,11,16H,5-6,8H2,1-2H3,(H,15,17)/t11-/m1/s1. The molecular formula is C14H19NO4. The fraction of sp³-hybridized carbons (Fsp3) is 0.500. The Morgan fingerprint density at radius 2 is 2.00 bits per heavy atom. The van der Waals surface area contributed by atoms with E-state index in [9.17, 15) is 9.90 Å². The van der Waals surface area contributed by atoms with E-state index in [4.69, 9.17) is 9.47 Å². The Bertz CT molecular complexity index is 459. The van der Waals surface area contributed by atoms with Gasteiger partial charge in [0, 0.05) is 5.56 Å². The van der Waals surface area contributed by atoms with Crippen LogP contribution in [0.3, 0.4) is 0 Å². The van der Waals surface area contributed by atoms with Crippen LogP contribution in [0.5, 0.6) is 11.5 Å². The lowest BCUT2D eigenvalue weighted by Gasteiger charge is -2.21. The van der Waals surface area contributed by atoms with Crippen molar-refractivity contribution >= 4 is 5.91 Å². The van der Waals surface area contributed by atoms with E-state index in [1.165, 1.54) is 0 Å². The van der Waals surface area contributed by atoms with Crippen molar-refractivity contribution in [3.05, 3.63) is 23.8 Å². The number of carbonyl (C=O) groups is 1. The molecule has 0 aliphatic carbocycles. The third-order valence-corrected chi connectivity index (χ3v) is 3.12. The molecule has 1 aromatic rings. The van der Waals surface area contributed by atoms with E-state index in [0.717, 1.165) is 0 Å². The molecule has 1 atom stereocenters. The maximum Gasteiger partial charge on any atom is 0.251 e. The number of hydrogen-bond donors (Lipinski definition) is 2. The van der Waals surface area contributed by atoms with Gasteiger partial charge in [0.05, 0.1) is 12.6 Å². The molecular weight excluding hydrogens is 246 g/mol. The molecule has 2 rings (SSSR count). The molecule has 1 aliphatic heterocycles. The Kier molecular flexibility index (Phi) is 4.27. The third kappa shape index (κ3) is 3.17. The molecule has 1 heterocycles. The first-order valence-electron chi connectivity index (χ1n) is 6.43. The summed E-state index contributed by atoms with van der Waals surface area (Å²) >= 11 is 0. The quantitative estimate of drug-likeness (QED) is 0.858. The van der Waals surface area contributed by atoms with Gasteiger partial charge in [-0.15, -0.1) is 0 Å². The summed E-state index contributed by atoms with van der Waals surface area (Å²) in [6, 6.07) is 4.84. The number of rotatable bonds is 4. The zero-order valence-electron chi connectivity index (χ0n) is 11.2. The minimum Gasteiger partial charge on any atom is -0.486 e. The van der Waals surface area contributed by atoms with E-state index in [0.29, 0.717) is 30.3 Å². The number of hydrogen-bond acceptors (Lipinski definition) is 4. The lowest BCUT2D eigenvalue weighted by molar-refractivity contribution is 0.0895. The van der Waals surface area contributed by atoms with Crippen LogP contribution in [0.15, 0.2) is 18.2 Å². The molecule has 5 nitrogen and oxygen atoms in total. The smallest absolute Gasteiger partial charge is 0.251 e. The zero-order chi connectivity index (χ0) is 13.8. The van der Waals surface area contributed by atoms with Gasteiger partial charge in [0.2, 0.25) is 0 Å². The monoisotopic (exact) mass is 265 g/mol. The number of amides is 1. The Labute approximate surface area is 112 Å². The van der Waals surface area contributed by atoms with Gasteiger partial charge in [-0.05, 0) is 24.1 Å². The summed E-state index contributed by atoms with van der Waals surface area (Å²) in [5, 5.41) is 12.0. The van der Waals surface area contributed by atoms with Gasteiger partial charge in [-0.1, -0.05) is 13.8 Å². The van der Waals surface area contributed by atoms with Gasteiger partial charge in [-0.3, -0.25) is 4.79 Å². The first kappa shape index (κ1) is 13.7. The number of nitrogens with one attached hydrogen (secondary N) is 1. The molecule has 0 aromatic heterocycles. The van der Waals surface area contributed by atoms with Gasteiger partial charge in [0.15, 0.2) is 11.5 Å². The van der Waals surface area contributed by atoms with Gasteiger partial charge >= 0.3 is 0 Å². The molecule has 0 fully saturated rings. The van der Waals surface area contributed by atoms with E-state index in [2.05, 4.69) is 5.32 Å². The molecule has 5 heteroatoms. The molecule has 19 heavy (non-hydrogen) atoms. The second kappa shape index (κ2) is 5.93. The maximum atomic E-state index is 12.1. The highest BCUT2D eigenvalue weighted by atomic mass is 16.6. The molecule has 0 saturated heterocycles. The number of benzene rings is 1. The molecule has 1 aromatic carbocycles. The average molecular weight is 265 g/mol. The minimum atomic E-state index is -0.249. The van der Waals surface area contributed by atoms with E-state index in [-0.39, 0.29) is 24.5 Å². The highest BCUT2D eigenvalue weighted by Gasteiger charge is 2.18. The average Bonchev–Trinajstić information content (AvgIpc) is 2.43. The number of carbonyl (C=O) groups excluding carboxylic acids is 1. The molecule has 1 amide bonds. The van der Waals surface area contributed by atoms with Crippen LogP contribution in [0.25, 0.3) is 0 Å². The van der Waals surface area contributed by atoms with Crippen molar-refractivity contribution in [1.29, 1.82) is 0 Å². The van der Waals surface area contributed by atoms with Crippen molar-refractivity contribution < 1.29 is 19.4 Å². The van der Waals surface area contributed by atoms with Crippen LogP contribution in [0.4, 0.5) is 0 Å². The van der Waals surface area contributed by atoms with Crippen LogP contribution < -0.4 is 14.8 Å². The second-order valence-electron chi connectivity index (χ2n) is 4.86. The summed E-state index contributed by atoms with van der Waals surface area (Å²) in [5.41, 5.74) is 0.503. The van der Waals surface area contributed by atoms with E-state index < -0.39 is 0 Å². The SMILES string of the molecule is CC(C)[C@@H](CO)NC(=O)c1ccc2c(c1)OCCO2. The molecule has 104 valence electrons. The largest absolute Gasteiger partial charge is 0.486 e. The lowest BCUT2D eigenvalue weighted by Crippen LogP contribution is -2.41.